The minimum Gasteiger partial charge on any atom is -0.494 e. The summed E-state index contributed by atoms with van der Waals surface area (Å²) in [4.78, 5) is 4.58. The standard InChI is InChI=1S/C21H21Br2N3O2/c22-15-4-3-5-16(12-15)25-10-8-24(9-11-25)14-26-20(27)13-18(21(26)28)17-6-1-2-7-19(17)23/h1-7,12-13,27-28H,8-11,14H2. The largest absolute Gasteiger partial charge is 0.494 e. The molecule has 1 aliphatic heterocycles. The van der Waals surface area contributed by atoms with Gasteiger partial charge < -0.3 is 15.1 Å². The SMILES string of the molecule is Oc1cc(-c2ccccc2Br)c(O)n1CN1CCN(c2cccc(Br)c2)CC1. The van der Waals surface area contributed by atoms with Crippen molar-refractivity contribution in [3.05, 3.63) is 63.5 Å². The quantitative estimate of drug-likeness (QED) is 0.530. The second kappa shape index (κ2) is 8.19. The van der Waals surface area contributed by atoms with Gasteiger partial charge in [-0.15, -0.1) is 0 Å². The van der Waals surface area contributed by atoms with Crippen molar-refractivity contribution in [1.82, 2.24) is 9.47 Å². The first-order valence-corrected chi connectivity index (χ1v) is 10.7. The zero-order valence-corrected chi connectivity index (χ0v) is 18.4. The molecule has 0 unspecified atom stereocenters. The highest BCUT2D eigenvalue weighted by Crippen LogP contribution is 2.39. The summed E-state index contributed by atoms with van der Waals surface area (Å²) in [7, 11) is 0. The summed E-state index contributed by atoms with van der Waals surface area (Å²) in [5, 5.41) is 21.1. The molecule has 0 saturated carbocycles. The third kappa shape index (κ3) is 3.92. The van der Waals surface area contributed by atoms with Gasteiger partial charge in [-0.3, -0.25) is 9.47 Å². The number of hydrogen-bond donors (Lipinski definition) is 2. The zero-order valence-electron chi connectivity index (χ0n) is 15.2. The lowest BCUT2D eigenvalue weighted by Crippen LogP contribution is -2.46. The fourth-order valence-corrected chi connectivity index (χ4v) is 4.45. The van der Waals surface area contributed by atoms with Crippen molar-refractivity contribution in [2.75, 3.05) is 31.1 Å². The Morgan fingerprint density at radius 2 is 1.57 bits per heavy atom. The Bertz CT molecular complexity index is 982. The second-order valence-electron chi connectivity index (χ2n) is 6.87. The van der Waals surface area contributed by atoms with Gasteiger partial charge in [-0.1, -0.05) is 56.1 Å². The maximum absolute atomic E-state index is 10.7. The van der Waals surface area contributed by atoms with Gasteiger partial charge in [0, 0.05) is 58.0 Å². The molecule has 2 aromatic carbocycles. The van der Waals surface area contributed by atoms with Crippen molar-refractivity contribution >= 4 is 37.5 Å². The van der Waals surface area contributed by atoms with E-state index >= 15 is 0 Å². The smallest absolute Gasteiger partial charge is 0.203 e. The summed E-state index contributed by atoms with van der Waals surface area (Å²) >= 11 is 7.04. The molecule has 3 aromatic rings. The fraction of sp³-hybridized carbons (Fsp3) is 0.238. The van der Waals surface area contributed by atoms with Crippen LogP contribution in [0.15, 0.2) is 63.5 Å². The van der Waals surface area contributed by atoms with Crippen molar-refractivity contribution in [3.63, 3.8) is 0 Å². The lowest BCUT2D eigenvalue weighted by molar-refractivity contribution is 0.187. The Balaban J connectivity index is 1.47. The number of hydrogen-bond acceptors (Lipinski definition) is 4. The van der Waals surface area contributed by atoms with Crippen molar-refractivity contribution in [3.8, 4) is 22.9 Å². The molecule has 1 aromatic heterocycles. The van der Waals surface area contributed by atoms with Gasteiger partial charge in [0.15, 0.2) is 5.88 Å². The third-order valence-corrected chi connectivity index (χ3v) is 6.28. The monoisotopic (exact) mass is 505 g/mol. The van der Waals surface area contributed by atoms with E-state index in [4.69, 9.17) is 0 Å². The van der Waals surface area contributed by atoms with Gasteiger partial charge in [-0.25, -0.2) is 0 Å². The topological polar surface area (TPSA) is 51.9 Å². The average molecular weight is 507 g/mol. The molecule has 0 spiro atoms. The average Bonchev–Trinajstić information content (AvgIpc) is 2.97. The third-order valence-electron chi connectivity index (χ3n) is 5.10. The predicted molar refractivity (Wildman–Crippen MR) is 119 cm³/mol. The van der Waals surface area contributed by atoms with Crippen molar-refractivity contribution in [2.24, 2.45) is 0 Å². The first-order valence-electron chi connectivity index (χ1n) is 9.12. The molecule has 1 fully saturated rings. The van der Waals surface area contributed by atoms with Gasteiger partial charge in [-0.05, 0) is 24.3 Å². The molecule has 0 atom stereocenters. The van der Waals surface area contributed by atoms with Crippen LogP contribution in [0.2, 0.25) is 0 Å². The molecular formula is C21H21Br2N3O2. The van der Waals surface area contributed by atoms with Crippen LogP contribution in [-0.2, 0) is 6.67 Å². The van der Waals surface area contributed by atoms with Crippen molar-refractivity contribution < 1.29 is 10.2 Å². The summed E-state index contributed by atoms with van der Waals surface area (Å²) in [6.45, 7) is 3.96. The number of aromatic hydroxyl groups is 2. The van der Waals surface area contributed by atoms with E-state index in [2.05, 4.69) is 53.8 Å². The Morgan fingerprint density at radius 1 is 0.821 bits per heavy atom. The van der Waals surface area contributed by atoms with E-state index in [1.807, 2.05) is 36.4 Å². The number of anilines is 1. The van der Waals surface area contributed by atoms with Gasteiger partial charge in [0.2, 0.25) is 5.88 Å². The Labute approximate surface area is 181 Å². The minimum absolute atomic E-state index is 0.0673. The van der Waals surface area contributed by atoms with E-state index in [-0.39, 0.29) is 11.8 Å². The minimum atomic E-state index is 0.0673. The normalized spacial score (nSPS) is 15.1. The molecule has 5 nitrogen and oxygen atoms in total. The summed E-state index contributed by atoms with van der Waals surface area (Å²) in [5.41, 5.74) is 2.68. The van der Waals surface area contributed by atoms with E-state index in [1.165, 1.54) is 5.69 Å². The first kappa shape index (κ1) is 19.4. The van der Waals surface area contributed by atoms with Gasteiger partial charge in [0.25, 0.3) is 0 Å². The summed E-state index contributed by atoms with van der Waals surface area (Å²) < 4.78 is 3.52. The number of halogens is 2. The molecule has 4 rings (SSSR count). The predicted octanol–water partition coefficient (Wildman–Crippen LogP) is 4.87. The number of aromatic nitrogens is 1. The summed E-state index contributed by atoms with van der Waals surface area (Å²) in [6, 6.07) is 17.6. The Kier molecular flexibility index (Phi) is 5.66. The van der Waals surface area contributed by atoms with E-state index in [9.17, 15) is 10.2 Å². The van der Waals surface area contributed by atoms with Crippen molar-refractivity contribution in [1.29, 1.82) is 0 Å². The van der Waals surface area contributed by atoms with Crippen molar-refractivity contribution in [2.45, 2.75) is 6.67 Å². The fourth-order valence-electron chi connectivity index (χ4n) is 3.56. The van der Waals surface area contributed by atoms with Crippen LogP contribution >= 0.6 is 31.9 Å². The maximum atomic E-state index is 10.7. The van der Waals surface area contributed by atoms with Gasteiger partial charge in [0.1, 0.15) is 0 Å². The molecule has 0 radical (unpaired) electrons. The van der Waals surface area contributed by atoms with Crippen LogP contribution in [0.25, 0.3) is 11.1 Å². The molecule has 146 valence electrons. The lowest BCUT2D eigenvalue weighted by Gasteiger charge is -2.36. The molecule has 0 amide bonds. The number of rotatable bonds is 4. The highest BCUT2D eigenvalue weighted by molar-refractivity contribution is 9.10. The Hall–Kier alpha value is -1.96. The van der Waals surface area contributed by atoms with Gasteiger partial charge in [-0.2, -0.15) is 0 Å². The van der Waals surface area contributed by atoms with Crippen LogP contribution in [0.1, 0.15) is 0 Å². The van der Waals surface area contributed by atoms with Crippen LogP contribution in [0.5, 0.6) is 11.8 Å². The highest BCUT2D eigenvalue weighted by Gasteiger charge is 2.22. The maximum Gasteiger partial charge on any atom is 0.203 e. The molecular weight excluding hydrogens is 486 g/mol. The second-order valence-corrected chi connectivity index (χ2v) is 8.64. The number of benzene rings is 2. The molecule has 0 bridgehead atoms. The molecule has 1 aliphatic rings. The molecule has 1 saturated heterocycles. The summed E-state index contributed by atoms with van der Waals surface area (Å²) in [5.74, 6) is 0.150. The first-order chi connectivity index (χ1) is 13.5. The number of piperazine rings is 1. The van der Waals surface area contributed by atoms with E-state index in [1.54, 1.807) is 10.6 Å². The Morgan fingerprint density at radius 3 is 2.29 bits per heavy atom. The highest BCUT2D eigenvalue weighted by atomic mass is 79.9. The molecule has 0 aliphatic carbocycles. The van der Waals surface area contributed by atoms with Gasteiger partial charge >= 0.3 is 0 Å². The van der Waals surface area contributed by atoms with Crippen LogP contribution in [0.4, 0.5) is 5.69 Å². The summed E-state index contributed by atoms with van der Waals surface area (Å²) in [6.07, 6.45) is 0. The molecule has 28 heavy (non-hydrogen) atoms. The van der Waals surface area contributed by atoms with Crippen LogP contribution < -0.4 is 4.90 Å². The van der Waals surface area contributed by atoms with E-state index < -0.39 is 0 Å². The molecule has 2 heterocycles. The zero-order chi connectivity index (χ0) is 19.7. The molecule has 2 N–H and O–H groups in total. The van der Waals surface area contributed by atoms with Crippen LogP contribution in [0, 0.1) is 0 Å². The van der Waals surface area contributed by atoms with Gasteiger partial charge in [0.05, 0.1) is 6.67 Å². The van der Waals surface area contributed by atoms with Crippen LogP contribution in [0.3, 0.4) is 0 Å². The molecule has 7 heteroatoms. The van der Waals surface area contributed by atoms with E-state index in [0.29, 0.717) is 12.2 Å². The lowest BCUT2D eigenvalue weighted by atomic mass is 10.1. The number of nitrogens with zero attached hydrogens (tertiary/aromatic N) is 3. The van der Waals surface area contributed by atoms with E-state index in [0.717, 1.165) is 40.7 Å². The van der Waals surface area contributed by atoms with Crippen LogP contribution in [-0.4, -0.2) is 45.9 Å².